The fourth-order valence-corrected chi connectivity index (χ4v) is 2.12. The molecule has 0 spiro atoms. The van der Waals surface area contributed by atoms with E-state index in [9.17, 15) is 9.59 Å². The lowest BCUT2D eigenvalue weighted by molar-refractivity contribution is 0.598. The van der Waals surface area contributed by atoms with Crippen LogP contribution in [0.25, 0.3) is 11.2 Å². The van der Waals surface area contributed by atoms with E-state index < -0.39 is 0 Å². The largest absolute Gasteiger partial charge is 0.332 e. The zero-order valence-corrected chi connectivity index (χ0v) is 11.5. The highest BCUT2D eigenvalue weighted by Gasteiger charge is 2.13. The van der Waals surface area contributed by atoms with Gasteiger partial charge in [0.05, 0.1) is 6.33 Å². The van der Waals surface area contributed by atoms with Gasteiger partial charge in [-0.2, -0.15) is 0 Å². The lowest BCUT2D eigenvalue weighted by atomic mass is 10.4. The van der Waals surface area contributed by atoms with E-state index in [-0.39, 0.29) is 11.2 Å². The first-order chi connectivity index (χ1) is 9.07. The van der Waals surface area contributed by atoms with Crippen LogP contribution in [0.1, 0.15) is 13.3 Å². The third kappa shape index (κ3) is 2.33. The van der Waals surface area contributed by atoms with Crippen molar-refractivity contribution >= 4 is 11.2 Å². The molecule has 0 aliphatic carbocycles. The fourth-order valence-electron chi connectivity index (χ4n) is 2.12. The minimum atomic E-state index is -0.351. The molecule has 7 heteroatoms. The number of hydrogen-bond acceptors (Lipinski definition) is 4. The molecular formula is C12H19N5O2. The van der Waals surface area contributed by atoms with E-state index in [1.807, 2.05) is 4.57 Å². The van der Waals surface area contributed by atoms with Crippen molar-refractivity contribution in [1.29, 1.82) is 0 Å². The van der Waals surface area contributed by atoms with Crippen LogP contribution in [-0.4, -0.2) is 31.8 Å². The smallest absolute Gasteiger partial charge is 0.325 e. The van der Waals surface area contributed by atoms with Gasteiger partial charge in [0.1, 0.15) is 0 Å². The van der Waals surface area contributed by atoms with Gasteiger partial charge in [-0.3, -0.25) is 13.9 Å². The summed E-state index contributed by atoms with van der Waals surface area (Å²) in [5.41, 5.74) is 0.284. The molecule has 0 saturated carbocycles. The maximum absolute atomic E-state index is 12.1. The zero-order valence-electron chi connectivity index (χ0n) is 11.5. The number of aromatic nitrogens is 4. The van der Waals surface area contributed by atoms with E-state index in [2.05, 4.69) is 17.2 Å². The quantitative estimate of drug-likeness (QED) is 0.735. The van der Waals surface area contributed by atoms with Crippen molar-refractivity contribution in [3.8, 4) is 0 Å². The van der Waals surface area contributed by atoms with Crippen LogP contribution in [0.4, 0.5) is 0 Å². The number of hydrogen-bond donors (Lipinski definition) is 1. The molecule has 0 aromatic carbocycles. The molecule has 1 N–H and O–H groups in total. The first-order valence-electron chi connectivity index (χ1n) is 6.39. The Labute approximate surface area is 110 Å². The minimum Gasteiger partial charge on any atom is -0.325 e. The molecule has 104 valence electrons. The van der Waals surface area contributed by atoms with E-state index in [4.69, 9.17) is 0 Å². The van der Waals surface area contributed by atoms with E-state index in [0.717, 1.165) is 24.1 Å². The van der Waals surface area contributed by atoms with Crippen molar-refractivity contribution in [2.45, 2.75) is 19.9 Å². The van der Waals surface area contributed by atoms with E-state index in [1.165, 1.54) is 11.6 Å². The van der Waals surface area contributed by atoms with Crippen LogP contribution >= 0.6 is 0 Å². The van der Waals surface area contributed by atoms with Crippen LogP contribution in [0.2, 0.25) is 0 Å². The molecule has 2 aromatic rings. The van der Waals surface area contributed by atoms with Crippen molar-refractivity contribution in [2.75, 3.05) is 13.1 Å². The predicted molar refractivity (Wildman–Crippen MR) is 73.4 cm³/mol. The van der Waals surface area contributed by atoms with Crippen LogP contribution in [0.15, 0.2) is 15.9 Å². The molecule has 0 amide bonds. The van der Waals surface area contributed by atoms with Gasteiger partial charge in [-0.15, -0.1) is 0 Å². The topological polar surface area (TPSA) is 73.8 Å². The fraction of sp³-hybridized carbons (Fsp3) is 0.583. The molecule has 2 aromatic heterocycles. The molecule has 0 saturated heterocycles. The van der Waals surface area contributed by atoms with Crippen molar-refractivity contribution in [3.63, 3.8) is 0 Å². The first kappa shape index (κ1) is 13.5. The molecule has 2 heterocycles. The zero-order chi connectivity index (χ0) is 14.0. The minimum absolute atomic E-state index is 0.293. The summed E-state index contributed by atoms with van der Waals surface area (Å²) in [6.45, 7) is 4.58. The Morgan fingerprint density at radius 3 is 2.68 bits per heavy atom. The lowest BCUT2D eigenvalue weighted by Gasteiger charge is -2.06. The predicted octanol–water partition coefficient (Wildman–Crippen LogP) is -0.567. The lowest BCUT2D eigenvalue weighted by Crippen LogP contribution is -2.37. The highest BCUT2D eigenvalue weighted by Crippen LogP contribution is 2.05. The van der Waals surface area contributed by atoms with Gasteiger partial charge in [0, 0.05) is 20.6 Å². The monoisotopic (exact) mass is 265 g/mol. The Kier molecular flexibility index (Phi) is 3.84. The Morgan fingerprint density at radius 1 is 1.26 bits per heavy atom. The van der Waals surface area contributed by atoms with Gasteiger partial charge in [0.15, 0.2) is 11.2 Å². The van der Waals surface area contributed by atoms with E-state index >= 15 is 0 Å². The SMILES string of the molecule is CCNCCCn1cnc2c1c(=O)n(C)c(=O)n2C. The van der Waals surface area contributed by atoms with Crippen LogP contribution in [-0.2, 0) is 20.6 Å². The number of fused-ring (bicyclic) bond motifs is 1. The average molecular weight is 265 g/mol. The van der Waals surface area contributed by atoms with E-state index in [0.29, 0.717) is 17.7 Å². The Bertz CT molecular complexity index is 694. The van der Waals surface area contributed by atoms with Gasteiger partial charge < -0.3 is 9.88 Å². The Balaban J connectivity index is 2.43. The van der Waals surface area contributed by atoms with E-state index in [1.54, 1.807) is 13.4 Å². The normalized spacial score (nSPS) is 11.3. The summed E-state index contributed by atoms with van der Waals surface area (Å²) in [6, 6.07) is 0. The molecule has 7 nitrogen and oxygen atoms in total. The maximum atomic E-state index is 12.1. The third-order valence-electron chi connectivity index (χ3n) is 3.22. The summed E-state index contributed by atoms with van der Waals surface area (Å²) in [7, 11) is 3.11. The number of nitrogens with zero attached hydrogens (tertiary/aromatic N) is 4. The molecular weight excluding hydrogens is 246 g/mol. The third-order valence-corrected chi connectivity index (χ3v) is 3.22. The summed E-state index contributed by atoms with van der Waals surface area (Å²) >= 11 is 0. The number of rotatable bonds is 5. The highest BCUT2D eigenvalue weighted by atomic mass is 16.2. The number of nitrogens with one attached hydrogen (secondary N) is 1. The molecule has 0 aliphatic rings. The maximum Gasteiger partial charge on any atom is 0.332 e. The second-order valence-electron chi connectivity index (χ2n) is 4.52. The second-order valence-corrected chi connectivity index (χ2v) is 4.52. The van der Waals surface area contributed by atoms with Crippen molar-refractivity contribution in [3.05, 3.63) is 27.2 Å². The molecule has 0 aliphatic heterocycles. The molecule has 0 unspecified atom stereocenters. The summed E-state index contributed by atoms with van der Waals surface area (Å²) in [5.74, 6) is 0. The Hall–Kier alpha value is -1.89. The van der Waals surface area contributed by atoms with Gasteiger partial charge in [0.2, 0.25) is 0 Å². The summed E-state index contributed by atoms with van der Waals surface area (Å²) in [6.07, 6.45) is 2.53. The summed E-state index contributed by atoms with van der Waals surface area (Å²) in [4.78, 5) is 28.1. The molecule has 0 atom stereocenters. The second kappa shape index (κ2) is 5.40. The van der Waals surface area contributed by atoms with Gasteiger partial charge in [0.25, 0.3) is 5.56 Å². The van der Waals surface area contributed by atoms with Crippen LogP contribution in [0.5, 0.6) is 0 Å². The van der Waals surface area contributed by atoms with Crippen molar-refractivity contribution in [2.24, 2.45) is 14.1 Å². The van der Waals surface area contributed by atoms with Gasteiger partial charge in [-0.25, -0.2) is 9.78 Å². The van der Waals surface area contributed by atoms with Gasteiger partial charge in [-0.05, 0) is 19.5 Å². The molecule has 0 radical (unpaired) electrons. The van der Waals surface area contributed by atoms with Crippen LogP contribution < -0.4 is 16.6 Å². The summed E-state index contributed by atoms with van der Waals surface area (Å²) in [5, 5.41) is 3.23. The van der Waals surface area contributed by atoms with Crippen LogP contribution in [0.3, 0.4) is 0 Å². The van der Waals surface area contributed by atoms with Crippen molar-refractivity contribution < 1.29 is 0 Å². The molecule has 0 fully saturated rings. The molecule has 19 heavy (non-hydrogen) atoms. The Morgan fingerprint density at radius 2 is 2.00 bits per heavy atom. The molecule has 2 rings (SSSR count). The van der Waals surface area contributed by atoms with Crippen molar-refractivity contribution in [1.82, 2.24) is 24.0 Å². The first-order valence-corrected chi connectivity index (χ1v) is 6.39. The van der Waals surface area contributed by atoms with Gasteiger partial charge in [-0.1, -0.05) is 6.92 Å². The molecule has 0 bridgehead atoms. The number of imidazole rings is 1. The average Bonchev–Trinajstić information content (AvgIpc) is 2.83. The number of aryl methyl sites for hydroxylation is 2. The van der Waals surface area contributed by atoms with Gasteiger partial charge >= 0.3 is 5.69 Å². The standard InChI is InChI=1S/C12H19N5O2/c1-4-13-6-5-7-17-8-14-10-9(17)11(18)16(3)12(19)15(10)2/h8,13H,4-7H2,1-3H3. The summed E-state index contributed by atoms with van der Waals surface area (Å²) < 4.78 is 4.33. The van der Waals surface area contributed by atoms with Crippen LogP contribution in [0, 0.1) is 0 Å². The highest BCUT2D eigenvalue weighted by molar-refractivity contribution is 5.69.